The van der Waals surface area contributed by atoms with Gasteiger partial charge in [-0.3, -0.25) is 14.4 Å². The van der Waals surface area contributed by atoms with Gasteiger partial charge in [-0.1, -0.05) is 233 Å². The van der Waals surface area contributed by atoms with Gasteiger partial charge in [-0.05, 0) is 128 Å². The van der Waals surface area contributed by atoms with E-state index in [4.69, 9.17) is 14.2 Å². The molecule has 72 heavy (non-hydrogen) atoms. The molecule has 0 aliphatic heterocycles. The van der Waals surface area contributed by atoms with Crippen molar-refractivity contribution >= 4 is 17.9 Å². The summed E-state index contributed by atoms with van der Waals surface area (Å²) in [5, 5.41) is 0. The summed E-state index contributed by atoms with van der Waals surface area (Å²) in [7, 11) is 0. The zero-order valence-corrected chi connectivity index (χ0v) is 46.9. The van der Waals surface area contributed by atoms with Crippen LogP contribution in [0.25, 0.3) is 0 Å². The number of unbranched alkanes of at least 4 members (excludes halogenated alkanes) is 24. The van der Waals surface area contributed by atoms with Gasteiger partial charge in [-0.15, -0.1) is 0 Å². The Balaban J connectivity index is 4.38. The highest BCUT2D eigenvalue weighted by Crippen LogP contribution is 2.14. The minimum atomic E-state index is -0.794. The summed E-state index contributed by atoms with van der Waals surface area (Å²) in [6.45, 7) is 6.45. The Labute approximate surface area is 444 Å². The van der Waals surface area contributed by atoms with Crippen LogP contribution in [0.1, 0.15) is 271 Å². The SMILES string of the molecule is CC/C=C\C/C=C\C/C=C\C/C=C\C/C=C\C/C=C\CCCCCCCCC(=O)OCC(COC(=O)CCCCCCC/C=C\CCCCC)OC(=O)CCCCCCCCC/C=C\C/C=C\CCCCC. The molecule has 1 unspecified atom stereocenters. The van der Waals surface area contributed by atoms with E-state index in [0.29, 0.717) is 19.3 Å². The van der Waals surface area contributed by atoms with Crippen LogP contribution in [-0.4, -0.2) is 37.2 Å². The van der Waals surface area contributed by atoms with Gasteiger partial charge >= 0.3 is 17.9 Å². The molecule has 0 saturated carbocycles. The number of rotatable bonds is 53. The summed E-state index contributed by atoms with van der Waals surface area (Å²) in [6, 6.07) is 0. The molecular formula is C66H110O6. The standard InChI is InChI=1S/C66H110O6/c1-4-7-10-13-16-19-22-25-27-29-30-31-32-33-34-35-36-38-39-41-44-47-50-53-56-59-65(68)71-62-63(61-70-64(67)58-55-52-49-46-43-24-21-18-15-12-9-6-3)72-66(69)60-57-54-51-48-45-42-40-37-28-26-23-20-17-14-11-8-5-2/h7,10,16-21,25-28,30-31,33-34,36,38,63H,4-6,8-9,11-15,22-24,29,32,35,37,39-62H2,1-3H3/b10-7-,19-16-,20-17-,21-18-,27-25-,28-26-,31-30-,34-33-,38-36-. The van der Waals surface area contributed by atoms with Crippen molar-refractivity contribution in [3.8, 4) is 0 Å². The third-order valence-corrected chi connectivity index (χ3v) is 12.5. The molecule has 0 aliphatic carbocycles. The van der Waals surface area contributed by atoms with Gasteiger partial charge in [0.2, 0.25) is 0 Å². The van der Waals surface area contributed by atoms with Gasteiger partial charge in [0.05, 0.1) is 0 Å². The van der Waals surface area contributed by atoms with Crippen molar-refractivity contribution in [3.05, 3.63) is 109 Å². The lowest BCUT2D eigenvalue weighted by Crippen LogP contribution is -2.30. The zero-order chi connectivity index (χ0) is 52.2. The van der Waals surface area contributed by atoms with Crippen LogP contribution in [0.2, 0.25) is 0 Å². The van der Waals surface area contributed by atoms with E-state index in [9.17, 15) is 14.4 Å². The lowest BCUT2D eigenvalue weighted by atomic mass is 10.1. The second-order valence-electron chi connectivity index (χ2n) is 19.5. The second kappa shape index (κ2) is 59.6. The van der Waals surface area contributed by atoms with Crippen LogP contribution < -0.4 is 0 Å². The second-order valence-corrected chi connectivity index (χ2v) is 19.5. The summed E-state index contributed by atoms with van der Waals surface area (Å²) < 4.78 is 16.9. The molecule has 410 valence electrons. The van der Waals surface area contributed by atoms with Crippen LogP contribution in [0.3, 0.4) is 0 Å². The van der Waals surface area contributed by atoms with Crippen LogP contribution >= 0.6 is 0 Å². The van der Waals surface area contributed by atoms with Crippen LogP contribution in [-0.2, 0) is 28.6 Å². The van der Waals surface area contributed by atoms with Crippen LogP contribution in [0.5, 0.6) is 0 Å². The largest absolute Gasteiger partial charge is 0.462 e. The molecule has 0 amide bonds. The van der Waals surface area contributed by atoms with Crippen LogP contribution in [0, 0.1) is 0 Å². The highest BCUT2D eigenvalue weighted by Gasteiger charge is 2.19. The van der Waals surface area contributed by atoms with Crippen molar-refractivity contribution in [2.45, 2.75) is 277 Å². The Morgan fingerprint density at radius 2 is 0.542 bits per heavy atom. The highest BCUT2D eigenvalue weighted by molar-refractivity contribution is 5.71. The third-order valence-electron chi connectivity index (χ3n) is 12.5. The Kier molecular flexibility index (Phi) is 56.4. The fraction of sp³-hybridized carbons (Fsp3) is 0.682. The molecule has 0 spiro atoms. The number of hydrogen-bond acceptors (Lipinski definition) is 6. The summed E-state index contributed by atoms with van der Waals surface area (Å²) >= 11 is 0. The molecule has 0 aromatic rings. The predicted molar refractivity (Wildman–Crippen MR) is 311 cm³/mol. The molecule has 0 bridgehead atoms. The summed E-state index contributed by atoms with van der Waals surface area (Å²) in [5.74, 6) is -0.921. The van der Waals surface area contributed by atoms with Gasteiger partial charge in [0.1, 0.15) is 13.2 Å². The first-order valence-electron chi connectivity index (χ1n) is 29.9. The topological polar surface area (TPSA) is 78.9 Å². The van der Waals surface area contributed by atoms with Crippen LogP contribution in [0.4, 0.5) is 0 Å². The molecule has 0 aromatic heterocycles. The van der Waals surface area contributed by atoms with Gasteiger partial charge in [-0.2, -0.15) is 0 Å². The smallest absolute Gasteiger partial charge is 0.306 e. The molecule has 6 nitrogen and oxygen atoms in total. The molecule has 0 aliphatic rings. The first-order chi connectivity index (χ1) is 35.5. The Hall–Kier alpha value is -3.93. The molecule has 0 saturated heterocycles. The number of ether oxygens (including phenoxy) is 3. The van der Waals surface area contributed by atoms with Gasteiger partial charge in [-0.25, -0.2) is 0 Å². The summed E-state index contributed by atoms with van der Waals surface area (Å²) in [5.41, 5.74) is 0. The maximum Gasteiger partial charge on any atom is 0.306 e. The average molecular weight is 1000 g/mol. The number of hydrogen-bond donors (Lipinski definition) is 0. The average Bonchev–Trinajstić information content (AvgIpc) is 3.38. The van der Waals surface area contributed by atoms with Gasteiger partial charge in [0.15, 0.2) is 6.10 Å². The van der Waals surface area contributed by atoms with Crippen LogP contribution in [0.15, 0.2) is 109 Å². The maximum atomic E-state index is 12.9. The quantitative estimate of drug-likeness (QED) is 0.0261. The molecule has 0 aromatic carbocycles. The molecular weight excluding hydrogens is 889 g/mol. The number of carbonyl (C=O) groups excluding carboxylic acids is 3. The van der Waals surface area contributed by atoms with E-state index in [1.165, 1.54) is 103 Å². The van der Waals surface area contributed by atoms with E-state index in [1.54, 1.807) is 0 Å². The molecule has 0 rings (SSSR count). The highest BCUT2D eigenvalue weighted by atomic mass is 16.6. The number of esters is 3. The normalized spacial score (nSPS) is 12.9. The zero-order valence-electron chi connectivity index (χ0n) is 46.9. The maximum absolute atomic E-state index is 12.9. The van der Waals surface area contributed by atoms with E-state index in [1.807, 2.05) is 0 Å². The fourth-order valence-electron chi connectivity index (χ4n) is 8.00. The molecule has 0 fully saturated rings. The molecule has 1 atom stereocenters. The van der Waals surface area contributed by atoms with Crippen molar-refractivity contribution < 1.29 is 28.6 Å². The van der Waals surface area contributed by atoms with E-state index in [-0.39, 0.29) is 31.1 Å². The Morgan fingerprint density at radius 1 is 0.292 bits per heavy atom. The minimum absolute atomic E-state index is 0.0913. The third kappa shape index (κ3) is 57.0. The fourth-order valence-corrected chi connectivity index (χ4v) is 8.00. The first kappa shape index (κ1) is 68.1. The summed E-state index contributed by atoms with van der Waals surface area (Å²) in [6.07, 6.45) is 80.8. The Morgan fingerprint density at radius 3 is 0.861 bits per heavy atom. The van der Waals surface area contributed by atoms with E-state index in [0.717, 1.165) is 128 Å². The number of carbonyl (C=O) groups is 3. The van der Waals surface area contributed by atoms with Crippen molar-refractivity contribution in [1.82, 2.24) is 0 Å². The van der Waals surface area contributed by atoms with E-state index < -0.39 is 6.10 Å². The molecule has 0 radical (unpaired) electrons. The molecule has 0 heterocycles. The first-order valence-corrected chi connectivity index (χ1v) is 29.9. The monoisotopic (exact) mass is 999 g/mol. The lowest BCUT2D eigenvalue weighted by Gasteiger charge is -2.18. The number of allylic oxidation sites excluding steroid dienone is 18. The van der Waals surface area contributed by atoms with E-state index in [2.05, 4.69) is 130 Å². The molecule has 0 N–H and O–H groups in total. The lowest BCUT2D eigenvalue weighted by molar-refractivity contribution is -0.167. The van der Waals surface area contributed by atoms with Crippen molar-refractivity contribution in [1.29, 1.82) is 0 Å². The molecule has 6 heteroatoms. The van der Waals surface area contributed by atoms with Gasteiger partial charge in [0.25, 0.3) is 0 Å². The summed E-state index contributed by atoms with van der Waals surface area (Å²) in [4.78, 5) is 38.2. The van der Waals surface area contributed by atoms with E-state index >= 15 is 0 Å². The predicted octanol–water partition coefficient (Wildman–Crippen LogP) is 20.3. The van der Waals surface area contributed by atoms with Crippen molar-refractivity contribution in [2.24, 2.45) is 0 Å². The van der Waals surface area contributed by atoms with Gasteiger partial charge < -0.3 is 14.2 Å². The van der Waals surface area contributed by atoms with Gasteiger partial charge in [0, 0.05) is 19.3 Å². The van der Waals surface area contributed by atoms with Crippen molar-refractivity contribution in [3.63, 3.8) is 0 Å². The Bertz CT molecular complexity index is 1470. The minimum Gasteiger partial charge on any atom is -0.462 e. The van der Waals surface area contributed by atoms with Crippen molar-refractivity contribution in [2.75, 3.05) is 13.2 Å².